The van der Waals surface area contributed by atoms with Gasteiger partial charge in [0, 0.05) is 17.8 Å². The minimum Gasteiger partial charge on any atom is -0.326 e. The molecule has 2 aliphatic rings. The van der Waals surface area contributed by atoms with Crippen LogP contribution in [-0.2, 0) is 4.79 Å². The molecule has 2 fully saturated rings. The van der Waals surface area contributed by atoms with Crippen LogP contribution in [-0.4, -0.2) is 18.0 Å². The highest BCUT2D eigenvalue weighted by atomic mass is 19.1. The Morgan fingerprint density at radius 2 is 2.32 bits per heavy atom. The highest BCUT2D eigenvalue weighted by molar-refractivity contribution is 5.93. The fourth-order valence-corrected chi connectivity index (χ4v) is 3.04. The zero-order valence-corrected chi connectivity index (χ0v) is 10.3. The number of nitrogens with one attached hydrogen (secondary N) is 2. The summed E-state index contributed by atoms with van der Waals surface area (Å²) in [5.74, 6) is -0.633. The molecule has 2 bridgehead atoms. The zero-order valence-electron chi connectivity index (χ0n) is 10.3. The summed E-state index contributed by atoms with van der Waals surface area (Å²) in [5, 5.41) is 14.9. The number of nitrogens with zero attached hydrogens (tertiary/aromatic N) is 1. The predicted octanol–water partition coefficient (Wildman–Crippen LogP) is 1.78. The first-order valence-electron chi connectivity index (χ1n) is 6.44. The molecular formula is C14H14FN3O. The lowest BCUT2D eigenvalue weighted by Crippen LogP contribution is -2.32. The van der Waals surface area contributed by atoms with Gasteiger partial charge in [-0.2, -0.15) is 5.26 Å². The van der Waals surface area contributed by atoms with E-state index in [4.69, 9.17) is 5.26 Å². The van der Waals surface area contributed by atoms with Gasteiger partial charge < -0.3 is 10.6 Å². The van der Waals surface area contributed by atoms with Crippen molar-refractivity contribution < 1.29 is 9.18 Å². The number of anilines is 1. The molecule has 1 amide bonds. The Morgan fingerprint density at radius 3 is 2.95 bits per heavy atom. The number of rotatable bonds is 2. The second kappa shape index (κ2) is 4.63. The maximum absolute atomic E-state index is 13.2. The van der Waals surface area contributed by atoms with Crippen LogP contribution >= 0.6 is 0 Å². The first kappa shape index (κ1) is 12.1. The van der Waals surface area contributed by atoms with Crippen LogP contribution in [0.3, 0.4) is 0 Å². The molecule has 98 valence electrons. The summed E-state index contributed by atoms with van der Waals surface area (Å²) in [5.41, 5.74) is 0.426. The lowest BCUT2D eigenvalue weighted by molar-refractivity contribution is -0.120. The van der Waals surface area contributed by atoms with Gasteiger partial charge in [0.05, 0.1) is 11.5 Å². The van der Waals surface area contributed by atoms with Gasteiger partial charge in [-0.3, -0.25) is 4.79 Å². The predicted molar refractivity (Wildman–Crippen MR) is 67.8 cm³/mol. The zero-order chi connectivity index (χ0) is 13.4. The topological polar surface area (TPSA) is 64.9 Å². The Bertz CT molecular complexity index is 566. The molecule has 2 heterocycles. The molecule has 0 saturated carbocycles. The average Bonchev–Trinajstić information content (AvgIpc) is 3.03. The van der Waals surface area contributed by atoms with Crippen molar-refractivity contribution in [3.63, 3.8) is 0 Å². The van der Waals surface area contributed by atoms with Gasteiger partial charge in [-0.05, 0) is 37.5 Å². The van der Waals surface area contributed by atoms with Crippen LogP contribution in [0.1, 0.15) is 24.8 Å². The monoisotopic (exact) mass is 259 g/mol. The van der Waals surface area contributed by atoms with E-state index in [-0.39, 0.29) is 23.4 Å². The number of benzene rings is 1. The van der Waals surface area contributed by atoms with Crippen LogP contribution in [0.15, 0.2) is 18.2 Å². The van der Waals surface area contributed by atoms with Crippen LogP contribution in [0.2, 0.25) is 0 Å². The van der Waals surface area contributed by atoms with Gasteiger partial charge in [0.25, 0.3) is 0 Å². The fourth-order valence-electron chi connectivity index (χ4n) is 3.04. The average molecular weight is 259 g/mol. The van der Waals surface area contributed by atoms with Gasteiger partial charge in [0.1, 0.15) is 11.9 Å². The van der Waals surface area contributed by atoms with E-state index in [1.54, 1.807) is 6.07 Å². The molecule has 1 aromatic carbocycles. The Balaban J connectivity index is 1.72. The number of hydrogen-bond acceptors (Lipinski definition) is 3. The second-order valence-corrected chi connectivity index (χ2v) is 5.19. The summed E-state index contributed by atoms with van der Waals surface area (Å²) in [7, 11) is 0. The Labute approximate surface area is 110 Å². The van der Waals surface area contributed by atoms with Gasteiger partial charge in [0.2, 0.25) is 5.91 Å². The largest absolute Gasteiger partial charge is 0.326 e. The smallest absolute Gasteiger partial charge is 0.229 e. The summed E-state index contributed by atoms with van der Waals surface area (Å²) in [6, 6.07) is 6.54. The number of amides is 1. The number of fused-ring (bicyclic) bond motifs is 2. The highest BCUT2D eigenvalue weighted by Gasteiger charge is 2.42. The minimum absolute atomic E-state index is 0.0191. The van der Waals surface area contributed by atoms with Gasteiger partial charge in [-0.25, -0.2) is 4.39 Å². The van der Waals surface area contributed by atoms with Crippen molar-refractivity contribution in [3.8, 4) is 6.07 Å². The van der Waals surface area contributed by atoms with Crippen LogP contribution in [0.4, 0.5) is 10.1 Å². The van der Waals surface area contributed by atoms with Crippen molar-refractivity contribution in [1.29, 1.82) is 5.26 Å². The molecule has 0 aliphatic carbocycles. The maximum atomic E-state index is 13.2. The molecule has 19 heavy (non-hydrogen) atoms. The quantitative estimate of drug-likeness (QED) is 0.850. The van der Waals surface area contributed by atoms with Gasteiger partial charge in [-0.1, -0.05) is 0 Å². The van der Waals surface area contributed by atoms with Crippen LogP contribution in [0, 0.1) is 23.1 Å². The number of carbonyl (C=O) groups excluding carboxylic acids is 1. The number of halogens is 1. The summed E-state index contributed by atoms with van der Waals surface area (Å²) in [4.78, 5) is 12.2. The van der Waals surface area contributed by atoms with Crippen LogP contribution in [0.5, 0.6) is 0 Å². The van der Waals surface area contributed by atoms with Gasteiger partial charge in [0.15, 0.2) is 0 Å². The maximum Gasteiger partial charge on any atom is 0.229 e. The summed E-state index contributed by atoms with van der Waals surface area (Å²) < 4.78 is 13.2. The molecule has 2 aliphatic heterocycles. The molecule has 0 radical (unpaired) electrons. The van der Waals surface area contributed by atoms with Crippen molar-refractivity contribution in [1.82, 2.24) is 5.32 Å². The molecule has 2 N–H and O–H groups in total. The van der Waals surface area contributed by atoms with Gasteiger partial charge in [-0.15, -0.1) is 0 Å². The first-order valence-corrected chi connectivity index (χ1v) is 6.44. The van der Waals surface area contributed by atoms with E-state index in [2.05, 4.69) is 10.6 Å². The third-order valence-corrected chi connectivity index (χ3v) is 3.99. The summed E-state index contributed by atoms with van der Waals surface area (Å²) >= 11 is 0. The Hall–Kier alpha value is -1.93. The third-order valence-electron chi connectivity index (χ3n) is 3.99. The normalized spacial score (nSPS) is 28.1. The SMILES string of the molecule is N#Cc1cc(NC(=O)C2CC3CCC2N3)ccc1F. The summed E-state index contributed by atoms with van der Waals surface area (Å²) in [6.07, 6.45) is 3.04. The van der Waals surface area contributed by atoms with E-state index in [1.165, 1.54) is 18.2 Å². The van der Waals surface area contributed by atoms with Crippen LogP contribution in [0.25, 0.3) is 0 Å². The highest BCUT2D eigenvalue weighted by Crippen LogP contribution is 2.33. The van der Waals surface area contributed by atoms with Gasteiger partial charge >= 0.3 is 0 Å². The van der Waals surface area contributed by atoms with Crippen molar-refractivity contribution >= 4 is 11.6 Å². The van der Waals surface area contributed by atoms with Crippen LogP contribution < -0.4 is 10.6 Å². The molecule has 3 rings (SSSR count). The molecule has 0 spiro atoms. The molecule has 3 unspecified atom stereocenters. The number of carbonyl (C=O) groups is 1. The summed E-state index contributed by atoms with van der Waals surface area (Å²) in [6.45, 7) is 0. The standard InChI is InChI=1S/C14H14FN3O/c15-12-3-1-9(5-8(12)7-16)18-14(19)11-6-10-2-4-13(11)17-10/h1,3,5,10-11,13,17H,2,4,6H2,(H,18,19). The van der Waals surface area contributed by atoms with E-state index >= 15 is 0 Å². The molecule has 5 heteroatoms. The Kier molecular flexibility index (Phi) is 2.96. The molecule has 1 aromatic rings. The molecule has 3 atom stereocenters. The lowest BCUT2D eigenvalue weighted by atomic mass is 9.88. The third kappa shape index (κ3) is 2.20. The van der Waals surface area contributed by atoms with Crippen molar-refractivity contribution in [3.05, 3.63) is 29.6 Å². The molecule has 0 aromatic heterocycles. The van der Waals surface area contributed by atoms with E-state index in [1.807, 2.05) is 0 Å². The van der Waals surface area contributed by atoms with Crippen molar-refractivity contribution in [2.75, 3.05) is 5.32 Å². The Morgan fingerprint density at radius 1 is 1.47 bits per heavy atom. The van der Waals surface area contributed by atoms with E-state index < -0.39 is 5.82 Å². The number of hydrogen-bond donors (Lipinski definition) is 2. The number of nitriles is 1. The van der Waals surface area contributed by atoms with Crippen molar-refractivity contribution in [2.45, 2.75) is 31.3 Å². The van der Waals surface area contributed by atoms with E-state index in [9.17, 15) is 9.18 Å². The molecule has 4 nitrogen and oxygen atoms in total. The van der Waals surface area contributed by atoms with E-state index in [0.29, 0.717) is 11.7 Å². The molecule has 2 saturated heterocycles. The lowest BCUT2D eigenvalue weighted by Gasteiger charge is -2.19. The van der Waals surface area contributed by atoms with E-state index in [0.717, 1.165) is 19.3 Å². The fraction of sp³-hybridized carbons (Fsp3) is 0.429. The van der Waals surface area contributed by atoms with Crippen molar-refractivity contribution in [2.24, 2.45) is 5.92 Å². The second-order valence-electron chi connectivity index (χ2n) is 5.19. The first-order chi connectivity index (χ1) is 9.17. The minimum atomic E-state index is -0.568. The molecular weight excluding hydrogens is 245 g/mol.